The number of hydrogen-bond donors (Lipinski definition) is 2. The van der Waals surface area contributed by atoms with Crippen LogP contribution in [0.15, 0.2) is 48.5 Å². The van der Waals surface area contributed by atoms with E-state index in [-0.39, 0.29) is 17.8 Å². The molecule has 0 spiro atoms. The topological polar surface area (TPSA) is 58.2 Å². The minimum absolute atomic E-state index is 0.0420. The molecule has 0 fully saturated rings. The lowest BCUT2D eigenvalue weighted by Crippen LogP contribution is -2.31. The normalized spacial score (nSPS) is 10.9. The highest BCUT2D eigenvalue weighted by atomic mass is 35.5. The number of carbonyl (C=O) groups is 2. The minimum atomic E-state index is -0.454. The molecular formula is C19H18ClFN2O2. The van der Waals surface area contributed by atoms with Gasteiger partial charge in [-0.2, -0.15) is 0 Å². The third-order valence-corrected chi connectivity index (χ3v) is 3.41. The maximum Gasteiger partial charge on any atom is 0.253 e. The van der Waals surface area contributed by atoms with Gasteiger partial charge in [-0.05, 0) is 55.8 Å². The van der Waals surface area contributed by atoms with E-state index in [1.165, 1.54) is 30.4 Å². The molecule has 0 saturated heterocycles. The van der Waals surface area contributed by atoms with E-state index in [0.717, 1.165) is 0 Å². The zero-order valence-corrected chi connectivity index (χ0v) is 14.6. The smallest absolute Gasteiger partial charge is 0.253 e. The highest BCUT2D eigenvalue weighted by molar-refractivity contribution is 6.31. The number of halogens is 2. The quantitative estimate of drug-likeness (QED) is 0.782. The summed E-state index contributed by atoms with van der Waals surface area (Å²) in [6, 6.07) is 10.4. The summed E-state index contributed by atoms with van der Waals surface area (Å²) in [6.07, 6.45) is 2.75. The van der Waals surface area contributed by atoms with Gasteiger partial charge in [0.2, 0.25) is 5.91 Å². The number of benzene rings is 2. The summed E-state index contributed by atoms with van der Waals surface area (Å²) >= 11 is 5.96. The largest absolute Gasteiger partial charge is 0.350 e. The van der Waals surface area contributed by atoms with Crippen LogP contribution in [-0.4, -0.2) is 17.9 Å². The molecule has 6 heteroatoms. The lowest BCUT2D eigenvalue weighted by Gasteiger charge is -2.13. The molecule has 2 aromatic carbocycles. The third kappa shape index (κ3) is 5.72. The Hall–Kier alpha value is -2.66. The molecule has 0 aliphatic rings. The number of amides is 2. The van der Waals surface area contributed by atoms with E-state index in [1.54, 1.807) is 24.3 Å². The summed E-state index contributed by atoms with van der Waals surface area (Å²) in [6.45, 7) is 3.68. The van der Waals surface area contributed by atoms with Crippen LogP contribution in [0.25, 0.3) is 6.08 Å². The summed E-state index contributed by atoms with van der Waals surface area (Å²) in [4.78, 5) is 24.3. The van der Waals surface area contributed by atoms with Crippen LogP contribution >= 0.6 is 11.6 Å². The van der Waals surface area contributed by atoms with Crippen LogP contribution in [0.3, 0.4) is 0 Å². The van der Waals surface area contributed by atoms with Crippen LogP contribution in [0, 0.1) is 5.82 Å². The fourth-order valence-electron chi connectivity index (χ4n) is 2.11. The van der Waals surface area contributed by atoms with Gasteiger partial charge in [-0.3, -0.25) is 9.59 Å². The van der Waals surface area contributed by atoms with Crippen molar-refractivity contribution in [1.82, 2.24) is 5.32 Å². The van der Waals surface area contributed by atoms with Crippen molar-refractivity contribution >= 4 is 35.2 Å². The number of carbonyl (C=O) groups excluding carboxylic acids is 2. The van der Waals surface area contributed by atoms with E-state index >= 15 is 0 Å². The maximum absolute atomic E-state index is 13.1. The van der Waals surface area contributed by atoms with Crippen molar-refractivity contribution in [3.8, 4) is 0 Å². The molecule has 0 aliphatic carbocycles. The van der Waals surface area contributed by atoms with Gasteiger partial charge in [-0.25, -0.2) is 4.39 Å². The van der Waals surface area contributed by atoms with E-state index < -0.39 is 5.91 Å². The first-order valence-electron chi connectivity index (χ1n) is 7.70. The first-order chi connectivity index (χ1) is 11.8. The van der Waals surface area contributed by atoms with Gasteiger partial charge in [0.25, 0.3) is 5.91 Å². The van der Waals surface area contributed by atoms with Gasteiger partial charge in [-0.1, -0.05) is 23.7 Å². The molecule has 0 unspecified atom stereocenters. The van der Waals surface area contributed by atoms with Gasteiger partial charge in [0, 0.05) is 17.1 Å². The Kier molecular flexibility index (Phi) is 6.31. The number of rotatable bonds is 5. The predicted octanol–water partition coefficient (Wildman–Crippen LogP) is 4.27. The molecule has 0 aromatic heterocycles. The molecule has 0 aliphatic heterocycles. The van der Waals surface area contributed by atoms with Crippen LogP contribution < -0.4 is 10.6 Å². The average molecular weight is 361 g/mol. The van der Waals surface area contributed by atoms with E-state index in [9.17, 15) is 14.0 Å². The van der Waals surface area contributed by atoms with Crippen molar-refractivity contribution in [3.63, 3.8) is 0 Å². The van der Waals surface area contributed by atoms with E-state index in [0.29, 0.717) is 21.8 Å². The van der Waals surface area contributed by atoms with Crippen LogP contribution in [0.5, 0.6) is 0 Å². The maximum atomic E-state index is 13.1. The second-order valence-corrected chi connectivity index (χ2v) is 6.13. The lowest BCUT2D eigenvalue weighted by molar-refractivity contribution is -0.111. The Morgan fingerprint density at radius 2 is 1.92 bits per heavy atom. The summed E-state index contributed by atoms with van der Waals surface area (Å²) in [5.74, 6) is -1.15. The van der Waals surface area contributed by atoms with Gasteiger partial charge in [0.05, 0.1) is 11.3 Å². The van der Waals surface area contributed by atoms with Crippen molar-refractivity contribution in [2.45, 2.75) is 19.9 Å². The van der Waals surface area contributed by atoms with Crippen LogP contribution in [0.4, 0.5) is 10.1 Å². The summed E-state index contributed by atoms with van der Waals surface area (Å²) < 4.78 is 13.1. The zero-order chi connectivity index (χ0) is 18.4. The highest BCUT2D eigenvalue weighted by Gasteiger charge is 2.14. The van der Waals surface area contributed by atoms with Gasteiger partial charge >= 0.3 is 0 Å². The molecule has 2 amide bonds. The van der Waals surface area contributed by atoms with Crippen LogP contribution in [-0.2, 0) is 4.79 Å². The molecule has 2 aromatic rings. The number of nitrogens with one attached hydrogen (secondary N) is 2. The first kappa shape index (κ1) is 18.7. The Morgan fingerprint density at radius 3 is 2.60 bits per heavy atom. The van der Waals surface area contributed by atoms with Crippen molar-refractivity contribution in [1.29, 1.82) is 0 Å². The van der Waals surface area contributed by atoms with Crippen molar-refractivity contribution in [2.24, 2.45) is 0 Å². The van der Waals surface area contributed by atoms with Crippen LogP contribution in [0.1, 0.15) is 29.8 Å². The molecule has 130 valence electrons. The third-order valence-electron chi connectivity index (χ3n) is 3.18. The van der Waals surface area contributed by atoms with Gasteiger partial charge in [0.1, 0.15) is 5.82 Å². The number of anilines is 1. The van der Waals surface area contributed by atoms with Crippen molar-refractivity contribution in [3.05, 3.63) is 70.5 Å². The fraction of sp³-hybridized carbons (Fsp3) is 0.158. The van der Waals surface area contributed by atoms with E-state index in [4.69, 9.17) is 11.6 Å². The molecule has 4 nitrogen and oxygen atoms in total. The fourth-order valence-corrected chi connectivity index (χ4v) is 2.29. The SMILES string of the molecule is CC(C)NC(=O)c1ccc(Cl)cc1NC(=O)/C=C/c1cccc(F)c1. The standard InChI is InChI=1S/C19H18ClFN2O2/c1-12(2)22-19(25)16-8-7-14(20)11-17(16)23-18(24)9-6-13-4-3-5-15(21)10-13/h3-12H,1-2H3,(H,22,25)(H,23,24)/b9-6+. The Bertz CT molecular complexity index is 819. The lowest BCUT2D eigenvalue weighted by atomic mass is 10.1. The molecule has 25 heavy (non-hydrogen) atoms. The first-order valence-corrected chi connectivity index (χ1v) is 8.08. The molecule has 0 saturated carbocycles. The van der Waals surface area contributed by atoms with Crippen molar-refractivity contribution < 1.29 is 14.0 Å². The molecule has 2 N–H and O–H groups in total. The summed E-state index contributed by atoms with van der Waals surface area (Å²) in [5, 5.41) is 5.78. The molecule has 0 heterocycles. The molecular weight excluding hydrogens is 343 g/mol. The zero-order valence-electron chi connectivity index (χ0n) is 13.8. The Morgan fingerprint density at radius 1 is 1.16 bits per heavy atom. The monoisotopic (exact) mass is 360 g/mol. The van der Waals surface area contributed by atoms with Crippen LogP contribution in [0.2, 0.25) is 5.02 Å². The molecule has 2 rings (SSSR count). The predicted molar refractivity (Wildman–Crippen MR) is 98.1 cm³/mol. The summed E-state index contributed by atoms with van der Waals surface area (Å²) in [5.41, 5.74) is 1.17. The van der Waals surface area contributed by atoms with Crippen molar-refractivity contribution in [2.75, 3.05) is 5.32 Å². The molecule has 0 bridgehead atoms. The molecule has 0 atom stereocenters. The molecule has 0 radical (unpaired) electrons. The highest BCUT2D eigenvalue weighted by Crippen LogP contribution is 2.21. The Labute approximate surface area is 150 Å². The number of hydrogen-bond acceptors (Lipinski definition) is 2. The van der Waals surface area contributed by atoms with Gasteiger partial charge in [0.15, 0.2) is 0 Å². The average Bonchev–Trinajstić information content (AvgIpc) is 2.52. The van der Waals surface area contributed by atoms with Gasteiger partial charge < -0.3 is 10.6 Å². The van der Waals surface area contributed by atoms with E-state index in [2.05, 4.69) is 10.6 Å². The Balaban J connectivity index is 2.17. The second kappa shape index (κ2) is 8.44. The second-order valence-electron chi connectivity index (χ2n) is 5.70. The summed E-state index contributed by atoms with van der Waals surface area (Å²) in [7, 11) is 0. The van der Waals surface area contributed by atoms with E-state index in [1.807, 2.05) is 13.8 Å². The minimum Gasteiger partial charge on any atom is -0.350 e. The van der Waals surface area contributed by atoms with Gasteiger partial charge in [-0.15, -0.1) is 0 Å².